The Bertz CT molecular complexity index is 664. The lowest BCUT2D eigenvalue weighted by Crippen LogP contribution is -2.62. The second-order valence-electron chi connectivity index (χ2n) is 12.2. The van der Waals surface area contributed by atoms with Gasteiger partial charge in [0.05, 0.1) is 19.3 Å². The van der Waals surface area contributed by atoms with E-state index < -0.39 is 0 Å². The summed E-state index contributed by atoms with van der Waals surface area (Å²) in [7, 11) is 1.48. The minimum Gasteiger partial charge on any atom is -0.469 e. The van der Waals surface area contributed by atoms with E-state index in [0.29, 0.717) is 47.8 Å². The Morgan fingerprint density at radius 2 is 1.71 bits per heavy atom. The van der Waals surface area contributed by atoms with Crippen LogP contribution in [0.1, 0.15) is 91.9 Å². The Morgan fingerprint density at radius 3 is 2.39 bits per heavy atom. The monoisotopic (exact) mass is 434 g/mol. The predicted octanol–water partition coefficient (Wildman–Crippen LogP) is 5.20. The summed E-state index contributed by atoms with van der Waals surface area (Å²) >= 11 is 0. The highest BCUT2D eigenvalue weighted by molar-refractivity contribution is 5.69. The van der Waals surface area contributed by atoms with E-state index in [1.54, 1.807) is 0 Å². The molecule has 0 radical (unpaired) electrons. The number of methoxy groups -OCH3 is 1. The van der Waals surface area contributed by atoms with E-state index in [1.165, 1.54) is 32.8 Å². The van der Waals surface area contributed by atoms with Gasteiger partial charge in [0.15, 0.2) is 0 Å². The van der Waals surface area contributed by atoms with Crippen LogP contribution in [-0.4, -0.2) is 35.5 Å². The van der Waals surface area contributed by atoms with Gasteiger partial charge in [0.25, 0.3) is 0 Å². The van der Waals surface area contributed by atoms with Crippen LogP contribution in [-0.2, 0) is 9.53 Å². The van der Waals surface area contributed by atoms with Gasteiger partial charge < -0.3 is 14.9 Å². The molecule has 31 heavy (non-hydrogen) atoms. The number of fused-ring (bicyclic) bond motifs is 5. The van der Waals surface area contributed by atoms with Crippen molar-refractivity contribution in [2.75, 3.05) is 7.11 Å². The summed E-state index contributed by atoms with van der Waals surface area (Å²) in [4.78, 5) is 11.7. The first-order chi connectivity index (χ1) is 14.7. The van der Waals surface area contributed by atoms with Gasteiger partial charge in [-0.15, -0.1) is 0 Å². The maximum Gasteiger partial charge on any atom is 0.305 e. The second kappa shape index (κ2) is 8.63. The smallest absolute Gasteiger partial charge is 0.305 e. The van der Waals surface area contributed by atoms with Crippen LogP contribution in [0.2, 0.25) is 0 Å². The lowest BCUT2D eigenvalue weighted by atomic mass is 9.41. The predicted molar refractivity (Wildman–Crippen MR) is 122 cm³/mol. The summed E-state index contributed by atoms with van der Waals surface area (Å²) < 4.78 is 4.88. The lowest BCUT2D eigenvalue weighted by molar-refractivity contribution is -0.203. The average molecular weight is 435 g/mol. The number of hydrogen-bond acceptors (Lipinski definition) is 4. The molecule has 0 aromatic heterocycles. The number of aliphatic hydroxyl groups is 2. The molecule has 3 unspecified atom stereocenters. The summed E-state index contributed by atoms with van der Waals surface area (Å²) in [6.45, 7) is 9.58. The molecule has 0 aromatic rings. The van der Waals surface area contributed by atoms with Gasteiger partial charge >= 0.3 is 5.97 Å². The SMILES string of the molecule is CC[C@@H]1C2C[C@H](O)CC[C@]2(C)[C@H]2CC[C@@]3(C)C(CC[C@@H]3[C@H](C)CCC(=O)OC)C2[C@@H]1O. The van der Waals surface area contributed by atoms with Crippen molar-refractivity contribution in [1.29, 1.82) is 0 Å². The molecule has 0 bridgehead atoms. The summed E-state index contributed by atoms with van der Waals surface area (Å²) in [5.41, 5.74) is 0.535. The van der Waals surface area contributed by atoms with Gasteiger partial charge in [-0.3, -0.25) is 4.79 Å². The number of rotatable bonds is 5. The van der Waals surface area contributed by atoms with Crippen molar-refractivity contribution in [3.63, 3.8) is 0 Å². The number of carbonyl (C=O) groups is 1. The van der Waals surface area contributed by atoms with Gasteiger partial charge in [-0.1, -0.05) is 34.1 Å². The van der Waals surface area contributed by atoms with Crippen LogP contribution in [0.5, 0.6) is 0 Å². The molecule has 4 aliphatic rings. The Kier molecular flexibility index (Phi) is 6.55. The number of ether oxygens (including phenoxy) is 1. The first-order valence-corrected chi connectivity index (χ1v) is 13.1. The van der Waals surface area contributed by atoms with Crippen molar-refractivity contribution in [2.24, 2.45) is 52.3 Å². The molecule has 4 heteroatoms. The van der Waals surface area contributed by atoms with E-state index in [9.17, 15) is 15.0 Å². The molecule has 4 rings (SSSR count). The van der Waals surface area contributed by atoms with Gasteiger partial charge in [0.1, 0.15) is 0 Å². The normalized spacial score (nSPS) is 50.2. The first kappa shape index (κ1) is 23.5. The molecule has 0 heterocycles. The van der Waals surface area contributed by atoms with Crippen LogP contribution in [0, 0.1) is 52.3 Å². The first-order valence-electron chi connectivity index (χ1n) is 13.1. The van der Waals surface area contributed by atoms with Gasteiger partial charge in [0, 0.05) is 6.42 Å². The fraction of sp³-hybridized carbons (Fsp3) is 0.963. The zero-order chi connectivity index (χ0) is 22.6. The molecule has 0 spiro atoms. The summed E-state index contributed by atoms with van der Waals surface area (Å²) in [6.07, 6.45) is 9.87. The van der Waals surface area contributed by atoms with E-state index in [0.717, 1.165) is 32.1 Å². The standard InChI is InChI=1S/C27H46O4/c1-6-18-22-15-17(28)11-13-27(22,4)21-12-14-26(3)19(16(2)7-10-23(29)31-5)8-9-20(26)24(21)25(18)30/h16-22,24-25,28,30H,6-15H2,1-5H3/t16-,17-,18-,19-,20?,21+,22?,24?,25-,26-,27-/m1/s1. The Labute approximate surface area is 189 Å². The van der Waals surface area contributed by atoms with Crippen molar-refractivity contribution in [2.45, 2.75) is 104 Å². The highest BCUT2D eigenvalue weighted by Gasteiger charge is 2.64. The maximum atomic E-state index is 11.8. The molecular formula is C27H46O4. The third-order valence-corrected chi connectivity index (χ3v) is 11.2. The molecule has 0 aliphatic heterocycles. The van der Waals surface area contributed by atoms with Gasteiger partial charge in [-0.05, 0) is 104 Å². The minimum absolute atomic E-state index is 0.0952. The molecule has 4 saturated carbocycles. The summed E-state index contributed by atoms with van der Waals surface area (Å²) in [5, 5.41) is 22.2. The van der Waals surface area contributed by atoms with Crippen LogP contribution in [0.15, 0.2) is 0 Å². The molecule has 178 valence electrons. The zero-order valence-corrected chi connectivity index (χ0v) is 20.5. The van der Waals surface area contributed by atoms with Crippen LogP contribution in [0.3, 0.4) is 0 Å². The minimum atomic E-state index is -0.230. The van der Waals surface area contributed by atoms with E-state index >= 15 is 0 Å². The molecule has 0 saturated heterocycles. The highest BCUT2D eigenvalue weighted by atomic mass is 16.5. The lowest BCUT2D eigenvalue weighted by Gasteiger charge is -2.64. The van der Waals surface area contributed by atoms with Gasteiger partial charge in [-0.25, -0.2) is 0 Å². The largest absolute Gasteiger partial charge is 0.469 e. The van der Waals surface area contributed by atoms with E-state index in [4.69, 9.17) is 4.74 Å². The van der Waals surface area contributed by atoms with Gasteiger partial charge in [0.2, 0.25) is 0 Å². The molecular weight excluding hydrogens is 388 g/mol. The Morgan fingerprint density at radius 1 is 1.03 bits per heavy atom. The Hall–Kier alpha value is -0.610. The molecule has 0 amide bonds. The number of hydrogen-bond donors (Lipinski definition) is 2. The molecule has 2 N–H and O–H groups in total. The topological polar surface area (TPSA) is 66.8 Å². The fourth-order valence-corrected chi connectivity index (χ4v) is 9.58. The fourth-order valence-electron chi connectivity index (χ4n) is 9.58. The Balaban J connectivity index is 1.58. The van der Waals surface area contributed by atoms with E-state index in [2.05, 4.69) is 27.7 Å². The molecule has 11 atom stereocenters. The molecule has 0 aromatic carbocycles. The summed E-state index contributed by atoms with van der Waals surface area (Å²) in [5.74, 6) is 3.41. The van der Waals surface area contributed by atoms with Crippen molar-refractivity contribution in [3.05, 3.63) is 0 Å². The van der Waals surface area contributed by atoms with Crippen LogP contribution in [0.4, 0.5) is 0 Å². The van der Waals surface area contributed by atoms with E-state index in [-0.39, 0.29) is 29.0 Å². The van der Waals surface area contributed by atoms with Crippen molar-refractivity contribution < 1.29 is 19.7 Å². The zero-order valence-electron chi connectivity index (χ0n) is 20.5. The molecule has 4 aliphatic carbocycles. The maximum absolute atomic E-state index is 11.8. The van der Waals surface area contributed by atoms with Crippen molar-refractivity contribution in [3.8, 4) is 0 Å². The number of carbonyl (C=O) groups excluding carboxylic acids is 1. The second-order valence-corrected chi connectivity index (χ2v) is 12.2. The van der Waals surface area contributed by atoms with E-state index in [1.807, 2.05) is 0 Å². The third-order valence-electron chi connectivity index (χ3n) is 11.2. The van der Waals surface area contributed by atoms with Gasteiger partial charge in [-0.2, -0.15) is 0 Å². The third kappa shape index (κ3) is 3.68. The average Bonchev–Trinajstić information content (AvgIpc) is 3.10. The quantitative estimate of drug-likeness (QED) is 0.584. The van der Waals surface area contributed by atoms with Crippen molar-refractivity contribution in [1.82, 2.24) is 0 Å². The van der Waals surface area contributed by atoms with Crippen LogP contribution < -0.4 is 0 Å². The van der Waals surface area contributed by atoms with Crippen LogP contribution in [0.25, 0.3) is 0 Å². The van der Waals surface area contributed by atoms with Crippen LogP contribution >= 0.6 is 0 Å². The number of aliphatic hydroxyl groups excluding tert-OH is 2. The summed E-state index contributed by atoms with van der Waals surface area (Å²) in [6, 6.07) is 0. The van der Waals surface area contributed by atoms with Crippen molar-refractivity contribution >= 4 is 5.97 Å². The number of esters is 1. The molecule has 4 fully saturated rings. The molecule has 4 nitrogen and oxygen atoms in total. The highest BCUT2D eigenvalue weighted by Crippen LogP contribution is 2.69.